The zero-order valence-corrected chi connectivity index (χ0v) is 10.5. The van der Waals surface area contributed by atoms with E-state index in [0.29, 0.717) is 4.47 Å². The molecule has 17 heavy (non-hydrogen) atoms. The average Bonchev–Trinajstić information content (AvgIpc) is 2.28. The van der Waals surface area contributed by atoms with Crippen molar-refractivity contribution in [2.24, 2.45) is 0 Å². The molecule has 0 aliphatic carbocycles. The molecule has 0 heterocycles. The van der Waals surface area contributed by atoms with E-state index in [0.717, 1.165) is 0 Å². The first-order valence-electron chi connectivity index (χ1n) is 4.54. The third-order valence-corrected chi connectivity index (χ3v) is 2.33. The molecule has 0 saturated heterocycles. The molecule has 2 N–H and O–H groups in total. The number of esters is 1. The van der Waals surface area contributed by atoms with Crippen LogP contribution in [0.3, 0.4) is 0 Å². The second-order valence-corrected chi connectivity index (χ2v) is 3.97. The van der Waals surface area contributed by atoms with Crippen LogP contribution in [0.15, 0.2) is 16.6 Å². The minimum atomic E-state index is -2.62. The van der Waals surface area contributed by atoms with Crippen molar-refractivity contribution in [1.82, 2.24) is 0 Å². The van der Waals surface area contributed by atoms with E-state index in [4.69, 9.17) is 10.5 Å². The lowest BCUT2D eigenvalue weighted by Gasteiger charge is -2.12. The Balaban J connectivity index is 3.05. The predicted molar refractivity (Wildman–Crippen MR) is 61.4 cm³/mol. The van der Waals surface area contributed by atoms with Crippen molar-refractivity contribution in [3.05, 3.63) is 22.2 Å². The van der Waals surface area contributed by atoms with Gasteiger partial charge in [0.1, 0.15) is 12.4 Å². The molecule has 1 aromatic rings. The first-order valence-corrected chi connectivity index (χ1v) is 5.33. The molecule has 0 bridgehead atoms. The number of carbonyl (C=O) groups is 1. The number of nitrogens with two attached hydrogens (primary N) is 1. The standard InChI is InChI=1S/C10H10BrF2NO3/c1-16-10(15)6-2-5(11)3-7(9(6)14)17-4-8(12)13/h2-3,8H,4,14H2,1H3. The van der Waals surface area contributed by atoms with Gasteiger partial charge in [-0.3, -0.25) is 0 Å². The van der Waals surface area contributed by atoms with Gasteiger partial charge in [-0.15, -0.1) is 0 Å². The monoisotopic (exact) mass is 309 g/mol. The van der Waals surface area contributed by atoms with Crippen molar-refractivity contribution in [2.45, 2.75) is 6.43 Å². The van der Waals surface area contributed by atoms with E-state index >= 15 is 0 Å². The summed E-state index contributed by atoms with van der Waals surface area (Å²) in [6, 6.07) is 2.83. The minimum Gasteiger partial charge on any atom is -0.485 e. The summed E-state index contributed by atoms with van der Waals surface area (Å²) >= 11 is 3.12. The molecule has 0 atom stereocenters. The minimum absolute atomic E-state index is 0.0140. The Bertz CT molecular complexity index is 426. The van der Waals surface area contributed by atoms with Crippen molar-refractivity contribution < 1.29 is 23.0 Å². The Morgan fingerprint density at radius 1 is 1.53 bits per heavy atom. The number of hydrogen-bond acceptors (Lipinski definition) is 4. The van der Waals surface area contributed by atoms with Crippen LogP contribution >= 0.6 is 15.9 Å². The van der Waals surface area contributed by atoms with Crippen LogP contribution in [0.25, 0.3) is 0 Å². The van der Waals surface area contributed by atoms with Crippen molar-refractivity contribution in [1.29, 1.82) is 0 Å². The first kappa shape index (κ1) is 13.7. The number of carbonyl (C=O) groups excluding carboxylic acids is 1. The van der Waals surface area contributed by atoms with E-state index in [1.165, 1.54) is 19.2 Å². The molecule has 94 valence electrons. The lowest BCUT2D eigenvalue weighted by atomic mass is 10.1. The maximum Gasteiger partial charge on any atom is 0.340 e. The molecule has 0 saturated carbocycles. The van der Waals surface area contributed by atoms with Gasteiger partial charge in [-0.2, -0.15) is 0 Å². The zero-order valence-electron chi connectivity index (χ0n) is 8.88. The Kier molecular flexibility index (Phi) is 4.68. The van der Waals surface area contributed by atoms with Gasteiger partial charge in [0.15, 0.2) is 0 Å². The maximum atomic E-state index is 12.0. The number of hydrogen-bond donors (Lipinski definition) is 1. The van der Waals surface area contributed by atoms with E-state index in [1.54, 1.807) is 0 Å². The molecule has 0 radical (unpaired) electrons. The molecule has 7 heteroatoms. The zero-order chi connectivity index (χ0) is 13.0. The second-order valence-electron chi connectivity index (χ2n) is 3.06. The summed E-state index contributed by atoms with van der Waals surface area (Å²) in [5, 5.41) is 0. The fourth-order valence-electron chi connectivity index (χ4n) is 1.14. The van der Waals surface area contributed by atoms with E-state index in [9.17, 15) is 13.6 Å². The third-order valence-electron chi connectivity index (χ3n) is 1.88. The number of benzene rings is 1. The van der Waals surface area contributed by atoms with Crippen LogP contribution in [0.5, 0.6) is 5.75 Å². The van der Waals surface area contributed by atoms with E-state index in [1.807, 2.05) is 0 Å². The summed E-state index contributed by atoms with van der Waals surface area (Å²) in [7, 11) is 1.20. The van der Waals surface area contributed by atoms with E-state index in [2.05, 4.69) is 20.7 Å². The number of methoxy groups -OCH3 is 1. The van der Waals surface area contributed by atoms with Crippen molar-refractivity contribution in [3.63, 3.8) is 0 Å². The molecule has 0 aliphatic rings. The number of rotatable bonds is 4. The highest BCUT2D eigenvalue weighted by Crippen LogP contribution is 2.30. The molecule has 0 fully saturated rings. The van der Waals surface area contributed by atoms with Gasteiger partial charge in [0.05, 0.1) is 18.4 Å². The highest BCUT2D eigenvalue weighted by atomic mass is 79.9. The predicted octanol–water partition coefficient (Wildman–Crippen LogP) is 2.46. The van der Waals surface area contributed by atoms with Crippen LogP contribution in [0.4, 0.5) is 14.5 Å². The van der Waals surface area contributed by atoms with Gasteiger partial charge in [-0.25, -0.2) is 13.6 Å². The van der Waals surface area contributed by atoms with Crippen LogP contribution in [-0.4, -0.2) is 26.1 Å². The largest absolute Gasteiger partial charge is 0.485 e. The Hall–Kier alpha value is -1.37. The van der Waals surface area contributed by atoms with Crippen LogP contribution in [0, 0.1) is 0 Å². The number of nitrogen functional groups attached to an aromatic ring is 1. The van der Waals surface area contributed by atoms with Crippen LogP contribution < -0.4 is 10.5 Å². The lowest BCUT2D eigenvalue weighted by molar-refractivity contribution is 0.0601. The van der Waals surface area contributed by atoms with Crippen LogP contribution in [0.1, 0.15) is 10.4 Å². The van der Waals surface area contributed by atoms with Gasteiger partial charge in [0.25, 0.3) is 6.43 Å². The Morgan fingerprint density at radius 2 is 2.18 bits per heavy atom. The second kappa shape index (κ2) is 5.81. The van der Waals surface area contributed by atoms with Gasteiger partial charge in [-0.1, -0.05) is 15.9 Å². The third kappa shape index (κ3) is 3.55. The first-order chi connectivity index (χ1) is 7.95. The molecule has 0 unspecified atom stereocenters. The van der Waals surface area contributed by atoms with Crippen molar-refractivity contribution in [3.8, 4) is 5.75 Å². The molecule has 0 aromatic heterocycles. The molecule has 4 nitrogen and oxygen atoms in total. The molecule has 1 aromatic carbocycles. The number of anilines is 1. The smallest absolute Gasteiger partial charge is 0.340 e. The fraction of sp³-hybridized carbons (Fsp3) is 0.300. The number of alkyl halides is 2. The average molecular weight is 310 g/mol. The molecule has 0 spiro atoms. The molecular weight excluding hydrogens is 300 g/mol. The van der Waals surface area contributed by atoms with E-state index < -0.39 is 19.0 Å². The summed E-state index contributed by atoms with van der Waals surface area (Å²) in [4.78, 5) is 11.4. The number of halogens is 3. The summed E-state index contributed by atoms with van der Waals surface area (Å²) in [5.74, 6) is -0.647. The molecule has 0 amide bonds. The van der Waals surface area contributed by atoms with Gasteiger partial charge in [0.2, 0.25) is 0 Å². The highest BCUT2D eigenvalue weighted by molar-refractivity contribution is 9.10. The normalized spacial score (nSPS) is 10.4. The maximum absolute atomic E-state index is 12.0. The van der Waals surface area contributed by atoms with E-state index in [-0.39, 0.29) is 17.0 Å². The lowest BCUT2D eigenvalue weighted by Crippen LogP contribution is -2.11. The molecule has 0 aliphatic heterocycles. The Labute approximate surface area is 105 Å². The molecular formula is C10H10BrF2NO3. The topological polar surface area (TPSA) is 61.5 Å². The van der Waals surface area contributed by atoms with Crippen LogP contribution in [-0.2, 0) is 4.74 Å². The SMILES string of the molecule is COC(=O)c1cc(Br)cc(OCC(F)F)c1N. The summed E-state index contributed by atoms with van der Waals surface area (Å²) < 4.78 is 33.8. The quantitative estimate of drug-likeness (QED) is 0.685. The summed E-state index contributed by atoms with van der Waals surface area (Å²) in [6.45, 7) is -0.790. The Morgan fingerprint density at radius 3 is 2.71 bits per heavy atom. The molecule has 1 rings (SSSR count). The van der Waals surface area contributed by atoms with Crippen molar-refractivity contribution >= 4 is 27.6 Å². The van der Waals surface area contributed by atoms with Gasteiger partial charge >= 0.3 is 5.97 Å². The number of ether oxygens (including phenoxy) is 2. The fourth-order valence-corrected chi connectivity index (χ4v) is 1.58. The van der Waals surface area contributed by atoms with Gasteiger partial charge in [0, 0.05) is 4.47 Å². The summed E-state index contributed by atoms with van der Waals surface area (Å²) in [6.07, 6.45) is -2.62. The van der Waals surface area contributed by atoms with Crippen LogP contribution in [0.2, 0.25) is 0 Å². The van der Waals surface area contributed by atoms with Crippen molar-refractivity contribution in [2.75, 3.05) is 19.5 Å². The summed E-state index contributed by atoms with van der Waals surface area (Å²) in [5.41, 5.74) is 5.66. The highest BCUT2D eigenvalue weighted by Gasteiger charge is 2.16. The van der Waals surface area contributed by atoms with Gasteiger partial charge in [-0.05, 0) is 12.1 Å². The van der Waals surface area contributed by atoms with Gasteiger partial charge < -0.3 is 15.2 Å².